The smallest absolute Gasteiger partial charge is 0.282 e. The minimum absolute atomic E-state index is 0.282. The summed E-state index contributed by atoms with van der Waals surface area (Å²) in [6.45, 7) is 8.31. The molecule has 0 radical (unpaired) electrons. The quantitative estimate of drug-likeness (QED) is 0.633. The molecule has 2 heterocycles. The lowest BCUT2D eigenvalue weighted by Crippen LogP contribution is -2.42. The van der Waals surface area contributed by atoms with E-state index < -0.39 is 0 Å². The van der Waals surface area contributed by atoms with Crippen LogP contribution in [0.2, 0.25) is 0 Å². The van der Waals surface area contributed by atoms with Gasteiger partial charge in [-0.15, -0.1) is 0 Å². The average Bonchev–Trinajstić information content (AvgIpc) is 3.03. The van der Waals surface area contributed by atoms with Crippen LogP contribution in [-0.4, -0.2) is 43.5 Å². The van der Waals surface area contributed by atoms with Crippen LogP contribution in [0.4, 0.5) is 5.69 Å². The lowest BCUT2D eigenvalue weighted by atomic mass is 9.91. The first-order chi connectivity index (χ1) is 15.4. The van der Waals surface area contributed by atoms with Gasteiger partial charge in [-0.2, -0.15) is 0 Å². The Morgan fingerprint density at radius 2 is 1.62 bits per heavy atom. The molecule has 0 aliphatic carbocycles. The zero-order valence-electron chi connectivity index (χ0n) is 19.1. The number of nitrogens with zero attached hydrogens (tertiary/aromatic N) is 2. The van der Waals surface area contributed by atoms with Gasteiger partial charge in [-0.3, -0.25) is 9.59 Å². The number of hydrogen-bond donors (Lipinski definition) is 0. The van der Waals surface area contributed by atoms with Gasteiger partial charge in [0.2, 0.25) is 0 Å². The Morgan fingerprint density at radius 1 is 0.938 bits per heavy atom. The maximum atomic E-state index is 13.7. The van der Waals surface area contributed by atoms with Crippen molar-refractivity contribution in [3.63, 3.8) is 0 Å². The second-order valence-electron chi connectivity index (χ2n) is 8.68. The fraction of sp³-hybridized carbons (Fsp3) is 0.385. The van der Waals surface area contributed by atoms with Gasteiger partial charge in [0.25, 0.3) is 11.8 Å². The molecule has 2 atom stereocenters. The number of likely N-dealkylation sites (tertiary alicyclic amines) is 1. The monoisotopic (exact) mass is 434 g/mol. The van der Waals surface area contributed by atoms with Crippen LogP contribution < -0.4 is 14.4 Å². The van der Waals surface area contributed by atoms with Gasteiger partial charge >= 0.3 is 0 Å². The van der Waals surface area contributed by atoms with Gasteiger partial charge in [0, 0.05) is 19.2 Å². The van der Waals surface area contributed by atoms with Crippen LogP contribution in [0, 0.1) is 11.8 Å². The topological polar surface area (TPSA) is 59.1 Å². The van der Waals surface area contributed by atoms with E-state index in [1.807, 2.05) is 37.3 Å². The van der Waals surface area contributed by atoms with Crippen LogP contribution in [0.1, 0.15) is 32.8 Å². The Hall–Kier alpha value is -3.28. The van der Waals surface area contributed by atoms with Crippen molar-refractivity contribution in [2.45, 2.75) is 27.2 Å². The van der Waals surface area contributed by atoms with Crippen LogP contribution in [0.5, 0.6) is 11.5 Å². The van der Waals surface area contributed by atoms with E-state index in [9.17, 15) is 9.59 Å². The van der Waals surface area contributed by atoms with Gasteiger partial charge in [-0.05, 0) is 55.0 Å². The van der Waals surface area contributed by atoms with Crippen LogP contribution >= 0.6 is 0 Å². The number of imide groups is 1. The van der Waals surface area contributed by atoms with E-state index in [-0.39, 0.29) is 11.8 Å². The molecule has 32 heavy (non-hydrogen) atoms. The Morgan fingerprint density at radius 3 is 2.25 bits per heavy atom. The summed E-state index contributed by atoms with van der Waals surface area (Å²) in [7, 11) is 1.60. The van der Waals surface area contributed by atoms with Gasteiger partial charge in [0.05, 0.1) is 25.0 Å². The zero-order valence-corrected chi connectivity index (χ0v) is 19.1. The first kappa shape index (κ1) is 21.9. The number of hydrogen-bond acceptors (Lipinski definition) is 5. The van der Waals surface area contributed by atoms with Crippen LogP contribution in [0.25, 0.3) is 5.57 Å². The van der Waals surface area contributed by atoms with E-state index in [1.165, 1.54) is 4.90 Å². The SMILES string of the molecule is CCOc1cccc(N2C(=O)C(c3ccc(OC)cc3)=C(N3CC(C)CC(C)C3)C2=O)c1. The van der Waals surface area contributed by atoms with Crippen LogP contribution in [0.3, 0.4) is 0 Å². The third-order valence-corrected chi connectivity index (χ3v) is 6.01. The van der Waals surface area contributed by atoms with Gasteiger partial charge < -0.3 is 14.4 Å². The molecule has 4 rings (SSSR count). The summed E-state index contributed by atoms with van der Waals surface area (Å²) in [6, 6.07) is 14.5. The van der Waals surface area contributed by atoms with Crippen LogP contribution in [0.15, 0.2) is 54.2 Å². The molecule has 2 aliphatic rings. The standard InChI is InChI=1S/C26H30N2O4/c1-5-32-22-8-6-7-20(14-22)28-25(29)23(19-9-11-21(31-4)12-10-19)24(26(28)30)27-15-17(2)13-18(3)16-27/h6-12,14,17-18H,5,13,15-16H2,1-4H3. The summed E-state index contributed by atoms with van der Waals surface area (Å²) < 4.78 is 10.9. The zero-order chi connectivity index (χ0) is 22.8. The summed E-state index contributed by atoms with van der Waals surface area (Å²) >= 11 is 0. The molecule has 0 N–H and O–H groups in total. The molecule has 2 amide bonds. The molecule has 0 saturated carbocycles. The van der Waals surface area contributed by atoms with Crippen molar-refractivity contribution in [3.8, 4) is 11.5 Å². The van der Waals surface area contributed by atoms with E-state index >= 15 is 0 Å². The number of ether oxygens (including phenoxy) is 2. The number of methoxy groups -OCH3 is 1. The Bertz CT molecular complexity index is 1030. The molecular formula is C26H30N2O4. The third-order valence-electron chi connectivity index (χ3n) is 6.01. The molecule has 2 aromatic carbocycles. The molecule has 6 nitrogen and oxygen atoms in total. The van der Waals surface area contributed by atoms with Gasteiger partial charge in [0.15, 0.2) is 0 Å². The highest BCUT2D eigenvalue weighted by Gasteiger charge is 2.43. The minimum atomic E-state index is -0.310. The first-order valence-electron chi connectivity index (χ1n) is 11.2. The third kappa shape index (κ3) is 4.09. The molecule has 168 valence electrons. The molecule has 2 unspecified atom stereocenters. The van der Waals surface area contributed by atoms with Crippen molar-refractivity contribution >= 4 is 23.1 Å². The normalized spacial score (nSPS) is 21.4. The van der Waals surface area contributed by atoms with E-state index in [0.717, 1.165) is 19.5 Å². The Balaban J connectivity index is 1.80. The number of carbonyl (C=O) groups excluding carboxylic acids is 2. The Labute approximate surface area is 189 Å². The molecule has 2 aromatic rings. The second-order valence-corrected chi connectivity index (χ2v) is 8.68. The number of amides is 2. The molecule has 0 aromatic heterocycles. The highest BCUT2D eigenvalue weighted by atomic mass is 16.5. The Kier molecular flexibility index (Phi) is 6.21. The molecule has 0 bridgehead atoms. The average molecular weight is 435 g/mol. The minimum Gasteiger partial charge on any atom is -0.497 e. The summed E-state index contributed by atoms with van der Waals surface area (Å²) in [4.78, 5) is 30.8. The summed E-state index contributed by atoms with van der Waals surface area (Å²) in [6.07, 6.45) is 1.11. The maximum Gasteiger partial charge on any atom is 0.282 e. The molecular weight excluding hydrogens is 404 g/mol. The highest BCUT2D eigenvalue weighted by Crippen LogP contribution is 2.38. The fourth-order valence-corrected chi connectivity index (χ4v) is 4.79. The second kappa shape index (κ2) is 9.07. The number of benzene rings is 2. The number of carbonyl (C=O) groups is 2. The largest absolute Gasteiger partial charge is 0.497 e. The summed E-state index contributed by atoms with van der Waals surface area (Å²) in [5, 5.41) is 0. The first-order valence-corrected chi connectivity index (χ1v) is 11.2. The lowest BCUT2D eigenvalue weighted by molar-refractivity contribution is -0.120. The molecule has 6 heteroatoms. The summed E-state index contributed by atoms with van der Waals surface area (Å²) in [5.41, 5.74) is 2.17. The van der Waals surface area contributed by atoms with E-state index in [4.69, 9.17) is 9.47 Å². The van der Waals surface area contributed by atoms with E-state index in [0.29, 0.717) is 52.5 Å². The lowest BCUT2D eigenvalue weighted by Gasteiger charge is -2.37. The predicted molar refractivity (Wildman–Crippen MR) is 125 cm³/mol. The van der Waals surface area contributed by atoms with Gasteiger partial charge in [-0.25, -0.2) is 4.90 Å². The summed E-state index contributed by atoms with van der Waals surface area (Å²) in [5.74, 6) is 1.63. The van der Waals surface area contributed by atoms with Gasteiger partial charge in [0.1, 0.15) is 17.2 Å². The number of anilines is 1. The fourth-order valence-electron chi connectivity index (χ4n) is 4.79. The van der Waals surface area contributed by atoms with Crippen LogP contribution in [-0.2, 0) is 9.59 Å². The van der Waals surface area contributed by atoms with Crippen molar-refractivity contribution in [2.75, 3.05) is 31.7 Å². The van der Waals surface area contributed by atoms with Crippen molar-refractivity contribution in [3.05, 3.63) is 59.8 Å². The van der Waals surface area contributed by atoms with Crippen molar-refractivity contribution in [1.29, 1.82) is 0 Å². The van der Waals surface area contributed by atoms with Crippen molar-refractivity contribution < 1.29 is 19.1 Å². The maximum absolute atomic E-state index is 13.7. The molecule has 2 aliphatic heterocycles. The molecule has 1 saturated heterocycles. The van der Waals surface area contributed by atoms with Gasteiger partial charge in [-0.1, -0.05) is 32.0 Å². The van der Waals surface area contributed by atoms with E-state index in [2.05, 4.69) is 18.7 Å². The predicted octanol–water partition coefficient (Wildman–Crippen LogP) is 4.36. The molecule has 1 fully saturated rings. The molecule has 0 spiro atoms. The number of piperidine rings is 1. The van der Waals surface area contributed by atoms with E-state index in [1.54, 1.807) is 25.3 Å². The van der Waals surface area contributed by atoms with Crippen molar-refractivity contribution in [1.82, 2.24) is 4.90 Å². The number of rotatable bonds is 6. The highest BCUT2D eigenvalue weighted by molar-refractivity contribution is 6.45. The van der Waals surface area contributed by atoms with Crippen molar-refractivity contribution in [2.24, 2.45) is 11.8 Å².